The number of aromatic nitrogens is 1. The number of anilines is 1. The molecule has 9 nitrogen and oxygen atoms in total. The van der Waals surface area contributed by atoms with Crippen LogP contribution in [0.5, 0.6) is 5.75 Å². The summed E-state index contributed by atoms with van der Waals surface area (Å²) < 4.78 is 7.27. The zero-order valence-electron chi connectivity index (χ0n) is 20.7. The third kappa shape index (κ3) is 4.24. The van der Waals surface area contributed by atoms with E-state index in [1.54, 1.807) is 12.0 Å². The number of hydrogen-bond acceptors (Lipinski definition) is 5. The van der Waals surface area contributed by atoms with Gasteiger partial charge in [0.2, 0.25) is 11.8 Å². The molecule has 2 N–H and O–H groups in total. The number of rotatable bonds is 7. The number of hydrogen-bond donors (Lipinski definition) is 2. The van der Waals surface area contributed by atoms with Gasteiger partial charge in [0.25, 0.3) is 5.91 Å². The van der Waals surface area contributed by atoms with E-state index in [2.05, 4.69) is 10.6 Å². The average Bonchev–Trinajstić information content (AvgIpc) is 3.39. The van der Waals surface area contributed by atoms with Crippen molar-refractivity contribution in [3.63, 3.8) is 0 Å². The zero-order chi connectivity index (χ0) is 24.6. The van der Waals surface area contributed by atoms with Crippen LogP contribution in [-0.4, -0.2) is 78.0 Å². The van der Waals surface area contributed by atoms with Crippen LogP contribution in [0, 0.1) is 0 Å². The fourth-order valence-electron chi connectivity index (χ4n) is 5.15. The molecule has 3 amide bonds. The summed E-state index contributed by atoms with van der Waals surface area (Å²) in [5.74, 6) is -0.0385. The van der Waals surface area contributed by atoms with Crippen molar-refractivity contribution in [2.75, 3.05) is 39.6 Å². The second kappa shape index (κ2) is 9.29. The van der Waals surface area contributed by atoms with Gasteiger partial charge in [0.05, 0.1) is 24.9 Å². The average molecular weight is 470 g/mol. The van der Waals surface area contributed by atoms with Crippen molar-refractivity contribution in [3.8, 4) is 5.75 Å². The number of likely N-dealkylation sites (N-methyl/N-ethyl adjacent to an activating group) is 1. The van der Waals surface area contributed by atoms with Crippen molar-refractivity contribution in [2.24, 2.45) is 0 Å². The highest BCUT2D eigenvalue weighted by Crippen LogP contribution is 2.40. The number of nitrogens with zero attached hydrogens (tertiary/aromatic N) is 3. The summed E-state index contributed by atoms with van der Waals surface area (Å²) in [5, 5.41) is 6.79. The van der Waals surface area contributed by atoms with Crippen molar-refractivity contribution >= 4 is 34.3 Å². The Morgan fingerprint density at radius 1 is 1.24 bits per heavy atom. The van der Waals surface area contributed by atoms with Crippen LogP contribution in [0.4, 0.5) is 5.69 Å². The van der Waals surface area contributed by atoms with E-state index < -0.39 is 5.54 Å². The molecule has 1 aromatic heterocycles. The molecule has 0 saturated heterocycles. The van der Waals surface area contributed by atoms with Gasteiger partial charge in [-0.3, -0.25) is 14.4 Å². The first-order valence-electron chi connectivity index (χ1n) is 11.9. The van der Waals surface area contributed by atoms with Gasteiger partial charge < -0.3 is 29.7 Å². The van der Waals surface area contributed by atoms with Crippen LogP contribution in [0.3, 0.4) is 0 Å². The molecular formula is C25H35N5O4. The second-order valence-electron chi connectivity index (χ2n) is 9.86. The van der Waals surface area contributed by atoms with E-state index in [0.717, 1.165) is 31.2 Å². The number of fused-ring (bicyclic) bond motifs is 3. The van der Waals surface area contributed by atoms with Crippen LogP contribution in [0.1, 0.15) is 50.0 Å². The molecule has 1 fully saturated rings. The molecule has 4 rings (SSSR count). The molecule has 1 aliphatic heterocycles. The van der Waals surface area contributed by atoms with E-state index in [1.165, 1.54) is 6.92 Å². The predicted octanol–water partition coefficient (Wildman–Crippen LogP) is 2.44. The first-order chi connectivity index (χ1) is 16.2. The van der Waals surface area contributed by atoms with Gasteiger partial charge in [0, 0.05) is 31.4 Å². The lowest BCUT2D eigenvalue weighted by Gasteiger charge is -2.45. The van der Waals surface area contributed by atoms with Crippen LogP contribution < -0.4 is 15.4 Å². The molecule has 184 valence electrons. The van der Waals surface area contributed by atoms with Crippen LogP contribution in [-0.2, 0) is 16.1 Å². The maximum Gasteiger partial charge on any atom is 0.273 e. The summed E-state index contributed by atoms with van der Waals surface area (Å²) >= 11 is 0. The smallest absolute Gasteiger partial charge is 0.273 e. The largest absolute Gasteiger partial charge is 0.497 e. The van der Waals surface area contributed by atoms with Crippen LogP contribution >= 0.6 is 0 Å². The van der Waals surface area contributed by atoms with Gasteiger partial charge in [-0.2, -0.15) is 0 Å². The molecule has 2 heterocycles. The molecule has 2 aliphatic rings. The summed E-state index contributed by atoms with van der Waals surface area (Å²) in [6, 6.07) is 5.67. The van der Waals surface area contributed by atoms with Crippen molar-refractivity contribution in [1.82, 2.24) is 19.7 Å². The monoisotopic (exact) mass is 469 g/mol. The molecule has 1 atom stereocenters. The Morgan fingerprint density at radius 3 is 2.56 bits per heavy atom. The molecule has 0 radical (unpaired) electrons. The van der Waals surface area contributed by atoms with E-state index in [4.69, 9.17) is 4.74 Å². The fourth-order valence-corrected chi connectivity index (χ4v) is 5.15. The lowest BCUT2D eigenvalue weighted by atomic mass is 9.93. The molecule has 0 spiro atoms. The highest BCUT2D eigenvalue weighted by Gasteiger charge is 2.49. The normalized spacial score (nSPS) is 20.6. The Balaban J connectivity index is 1.85. The Morgan fingerprint density at radius 2 is 1.94 bits per heavy atom. The number of ether oxygens (including phenoxy) is 1. The van der Waals surface area contributed by atoms with E-state index in [-0.39, 0.29) is 23.8 Å². The van der Waals surface area contributed by atoms with Gasteiger partial charge in [0.1, 0.15) is 17.0 Å². The molecule has 2 aromatic rings. The maximum atomic E-state index is 14.0. The maximum absolute atomic E-state index is 14.0. The molecule has 9 heteroatoms. The van der Waals surface area contributed by atoms with E-state index in [9.17, 15) is 14.4 Å². The van der Waals surface area contributed by atoms with E-state index in [1.807, 2.05) is 48.7 Å². The molecule has 1 saturated carbocycles. The van der Waals surface area contributed by atoms with Gasteiger partial charge in [-0.25, -0.2) is 0 Å². The number of methoxy groups -OCH3 is 1. The number of benzene rings is 1. The summed E-state index contributed by atoms with van der Waals surface area (Å²) in [4.78, 5) is 43.5. The van der Waals surface area contributed by atoms with Crippen LogP contribution in [0.2, 0.25) is 0 Å². The Bertz CT molecular complexity index is 1120. The molecule has 34 heavy (non-hydrogen) atoms. The van der Waals surface area contributed by atoms with Gasteiger partial charge in [-0.05, 0) is 52.1 Å². The molecule has 0 unspecified atom stereocenters. The number of nitrogens with one attached hydrogen (secondary N) is 2. The summed E-state index contributed by atoms with van der Waals surface area (Å²) in [7, 11) is 5.46. The highest BCUT2D eigenvalue weighted by molar-refractivity contribution is 6.14. The fraction of sp³-hybridized carbons (Fsp3) is 0.560. The number of carbonyl (C=O) groups excluding carboxylic acids is 3. The first-order valence-corrected chi connectivity index (χ1v) is 11.9. The molecule has 1 aromatic carbocycles. The molecule has 1 aliphatic carbocycles. The Hall–Kier alpha value is -3.07. The third-order valence-corrected chi connectivity index (χ3v) is 7.03. The van der Waals surface area contributed by atoms with Gasteiger partial charge in [0.15, 0.2) is 0 Å². The van der Waals surface area contributed by atoms with Crippen molar-refractivity contribution < 1.29 is 19.1 Å². The minimum Gasteiger partial charge on any atom is -0.497 e. The Labute approximate surface area is 200 Å². The van der Waals surface area contributed by atoms with Gasteiger partial charge in [-0.1, -0.05) is 12.8 Å². The quantitative estimate of drug-likeness (QED) is 0.650. The summed E-state index contributed by atoms with van der Waals surface area (Å²) in [6.07, 6.45) is 4.16. The second-order valence-corrected chi connectivity index (χ2v) is 9.86. The lowest BCUT2D eigenvalue weighted by Crippen LogP contribution is -2.65. The number of amides is 3. The topological polar surface area (TPSA) is 95.9 Å². The van der Waals surface area contributed by atoms with Crippen LogP contribution in [0.25, 0.3) is 10.9 Å². The van der Waals surface area contributed by atoms with Gasteiger partial charge >= 0.3 is 0 Å². The zero-order valence-corrected chi connectivity index (χ0v) is 20.7. The highest BCUT2D eigenvalue weighted by atomic mass is 16.5. The number of carbonyl (C=O) groups is 3. The molecular weight excluding hydrogens is 434 g/mol. The van der Waals surface area contributed by atoms with E-state index >= 15 is 0 Å². The minimum absolute atomic E-state index is 0.131. The van der Waals surface area contributed by atoms with Crippen molar-refractivity contribution in [2.45, 2.75) is 57.7 Å². The van der Waals surface area contributed by atoms with Crippen molar-refractivity contribution in [1.29, 1.82) is 0 Å². The summed E-state index contributed by atoms with van der Waals surface area (Å²) in [5.41, 5.74) is 0.560. The molecule has 0 bridgehead atoms. The first kappa shape index (κ1) is 24.1. The standard InChI is InChI=1S/C25H35N5O4/c1-16(31)26-21-19-14-18(34-5)10-11-20(19)29-15-25(2,24(33)27-17-8-6-7-9-17)30(13-12-28(3)4)23(32)22(21)29/h10-11,14,17H,6-9,12-13,15H2,1-5H3,(H,26,31)(H,27,33)/t25-/m0/s1. The third-order valence-electron chi connectivity index (χ3n) is 7.03. The van der Waals surface area contributed by atoms with Crippen molar-refractivity contribution in [3.05, 3.63) is 23.9 Å². The van der Waals surface area contributed by atoms with Gasteiger partial charge in [-0.15, -0.1) is 0 Å². The predicted molar refractivity (Wildman–Crippen MR) is 131 cm³/mol. The SMILES string of the molecule is COc1ccc2c(c1)c(NC(C)=O)c1n2C[C@@](C)(C(=O)NC2CCCC2)N(CCN(C)C)C1=O. The van der Waals surface area contributed by atoms with E-state index in [0.29, 0.717) is 42.2 Å². The Kier molecular flexibility index (Phi) is 6.58. The lowest BCUT2D eigenvalue weighted by molar-refractivity contribution is -0.133. The summed E-state index contributed by atoms with van der Waals surface area (Å²) in [6.45, 7) is 4.57. The van der Waals surface area contributed by atoms with Crippen LogP contribution in [0.15, 0.2) is 18.2 Å². The minimum atomic E-state index is -1.07.